The normalized spacial score (nSPS) is 30.1. The summed E-state index contributed by atoms with van der Waals surface area (Å²) in [6.45, 7) is 0.505. The summed E-state index contributed by atoms with van der Waals surface area (Å²) in [6.07, 6.45) is 5.41. The van der Waals surface area contributed by atoms with Crippen LogP contribution in [0, 0.1) is 5.92 Å². The molecule has 0 aromatic rings. The van der Waals surface area contributed by atoms with Crippen LogP contribution in [0.1, 0.15) is 32.1 Å². The first-order valence-electron chi connectivity index (χ1n) is 6.35. The zero-order valence-electron chi connectivity index (χ0n) is 10.6. The van der Waals surface area contributed by atoms with Crippen LogP contribution in [0.25, 0.3) is 0 Å². The highest BCUT2D eigenvalue weighted by atomic mass is 32.2. The van der Waals surface area contributed by atoms with E-state index < -0.39 is 15.6 Å². The van der Waals surface area contributed by atoms with Crippen LogP contribution in [0.4, 0.5) is 0 Å². The molecule has 6 nitrogen and oxygen atoms in total. The molecule has 0 radical (unpaired) electrons. The van der Waals surface area contributed by atoms with Crippen molar-refractivity contribution >= 4 is 15.9 Å². The van der Waals surface area contributed by atoms with E-state index in [-0.39, 0.29) is 17.9 Å². The Balaban J connectivity index is 1.83. The molecule has 18 heavy (non-hydrogen) atoms. The van der Waals surface area contributed by atoms with Gasteiger partial charge in [0.2, 0.25) is 15.9 Å². The van der Waals surface area contributed by atoms with Crippen molar-refractivity contribution in [2.45, 2.75) is 43.7 Å². The zero-order chi connectivity index (χ0) is 13.4. The van der Waals surface area contributed by atoms with Gasteiger partial charge < -0.3 is 11.1 Å². The summed E-state index contributed by atoms with van der Waals surface area (Å²) in [7, 11) is -3.18. The Morgan fingerprint density at radius 2 is 2.06 bits per heavy atom. The second kappa shape index (κ2) is 4.79. The van der Waals surface area contributed by atoms with E-state index in [4.69, 9.17) is 5.73 Å². The Bertz CT molecular complexity index is 431. The van der Waals surface area contributed by atoms with Crippen LogP contribution in [0.15, 0.2) is 0 Å². The molecule has 104 valence electrons. The number of nitrogens with one attached hydrogen (secondary N) is 2. The van der Waals surface area contributed by atoms with E-state index in [9.17, 15) is 13.2 Å². The standard InChI is InChI=1S/C11H21N3O3S/c1-18(16,17)14-9-4-2-3-8(9)7-13-10(15)11(12)5-6-11/h8-9,14H,2-7,12H2,1H3,(H,13,15). The largest absolute Gasteiger partial charge is 0.354 e. The lowest BCUT2D eigenvalue weighted by atomic mass is 10.0. The van der Waals surface area contributed by atoms with Crippen LogP contribution >= 0.6 is 0 Å². The third kappa shape index (κ3) is 3.43. The average molecular weight is 275 g/mol. The van der Waals surface area contributed by atoms with Crippen molar-refractivity contribution in [3.05, 3.63) is 0 Å². The average Bonchev–Trinajstić information content (AvgIpc) is 2.86. The number of nitrogens with two attached hydrogens (primary N) is 1. The van der Waals surface area contributed by atoms with Crippen molar-refractivity contribution in [3.63, 3.8) is 0 Å². The van der Waals surface area contributed by atoms with Gasteiger partial charge >= 0.3 is 0 Å². The Morgan fingerprint density at radius 3 is 2.61 bits per heavy atom. The van der Waals surface area contributed by atoms with E-state index in [1.54, 1.807) is 0 Å². The summed E-state index contributed by atoms with van der Waals surface area (Å²) in [4.78, 5) is 11.7. The van der Waals surface area contributed by atoms with E-state index >= 15 is 0 Å². The topological polar surface area (TPSA) is 101 Å². The second-order valence-electron chi connectivity index (χ2n) is 5.55. The maximum atomic E-state index is 11.7. The quantitative estimate of drug-likeness (QED) is 0.618. The number of carbonyl (C=O) groups excluding carboxylic acids is 1. The zero-order valence-corrected chi connectivity index (χ0v) is 11.4. The van der Waals surface area contributed by atoms with E-state index in [0.29, 0.717) is 6.54 Å². The van der Waals surface area contributed by atoms with Crippen LogP contribution < -0.4 is 15.8 Å². The molecule has 4 N–H and O–H groups in total. The Hall–Kier alpha value is -0.660. The molecule has 2 fully saturated rings. The molecule has 2 atom stereocenters. The lowest BCUT2D eigenvalue weighted by molar-refractivity contribution is -0.123. The van der Waals surface area contributed by atoms with Crippen LogP contribution in [0.2, 0.25) is 0 Å². The van der Waals surface area contributed by atoms with Crippen molar-refractivity contribution < 1.29 is 13.2 Å². The molecule has 2 saturated carbocycles. The molecule has 0 aromatic carbocycles. The molecule has 2 aliphatic rings. The third-order valence-electron chi connectivity index (χ3n) is 3.79. The number of hydrogen-bond donors (Lipinski definition) is 3. The minimum atomic E-state index is -3.18. The lowest BCUT2D eigenvalue weighted by Gasteiger charge is -2.21. The smallest absolute Gasteiger partial charge is 0.240 e. The molecule has 2 rings (SSSR count). The summed E-state index contributed by atoms with van der Waals surface area (Å²) in [5.41, 5.74) is 5.13. The van der Waals surface area contributed by atoms with E-state index in [1.165, 1.54) is 6.26 Å². The second-order valence-corrected chi connectivity index (χ2v) is 7.33. The predicted molar refractivity (Wildman–Crippen MR) is 68.3 cm³/mol. The molecular formula is C11H21N3O3S. The molecule has 7 heteroatoms. The van der Waals surface area contributed by atoms with Crippen LogP contribution in [-0.2, 0) is 14.8 Å². The maximum absolute atomic E-state index is 11.7. The SMILES string of the molecule is CS(=O)(=O)NC1CCCC1CNC(=O)C1(N)CC1. The molecule has 1 amide bonds. The summed E-state index contributed by atoms with van der Waals surface area (Å²) in [5, 5.41) is 2.84. The van der Waals surface area contributed by atoms with Crippen molar-refractivity contribution in [2.24, 2.45) is 11.7 Å². The van der Waals surface area contributed by atoms with E-state index in [1.807, 2.05) is 0 Å². The fraction of sp³-hybridized carbons (Fsp3) is 0.909. The first-order valence-corrected chi connectivity index (χ1v) is 8.24. The molecule has 0 saturated heterocycles. The molecular weight excluding hydrogens is 254 g/mol. The van der Waals surface area contributed by atoms with Crippen LogP contribution in [0.3, 0.4) is 0 Å². The van der Waals surface area contributed by atoms with Crippen LogP contribution in [-0.4, -0.2) is 38.7 Å². The Morgan fingerprint density at radius 1 is 1.39 bits per heavy atom. The molecule has 0 heterocycles. The van der Waals surface area contributed by atoms with E-state index in [0.717, 1.165) is 32.1 Å². The highest BCUT2D eigenvalue weighted by Gasteiger charge is 2.46. The number of amides is 1. The van der Waals surface area contributed by atoms with Crippen molar-refractivity contribution in [3.8, 4) is 0 Å². The van der Waals surface area contributed by atoms with Gasteiger partial charge in [-0.15, -0.1) is 0 Å². The van der Waals surface area contributed by atoms with Gasteiger partial charge in [-0.05, 0) is 31.6 Å². The Kier molecular flexibility index (Phi) is 3.66. The highest BCUT2D eigenvalue weighted by Crippen LogP contribution is 2.32. The van der Waals surface area contributed by atoms with Crippen LogP contribution in [0.5, 0.6) is 0 Å². The van der Waals surface area contributed by atoms with Gasteiger partial charge in [0.1, 0.15) is 0 Å². The van der Waals surface area contributed by atoms with Crippen molar-refractivity contribution in [1.29, 1.82) is 0 Å². The molecule has 2 aliphatic carbocycles. The third-order valence-corrected chi connectivity index (χ3v) is 4.52. The Labute approximate surface area is 108 Å². The minimum Gasteiger partial charge on any atom is -0.354 e. The van der Waals surface area contributed by atoms with Gasteiger partial charge in [0.25, 0.3) is 0 Å². The molecule has 0 aliphatic heterocycles. The van der Waals surface area contributed by atoms with Gasteiger partial charge in [0.15, 0.2) is 0 Å². The van der Waals surface area contributed by atoms with Crippen molar-refractivity contribution in [1.82, 2.24) is 10.0 Å². The van der Waals surface area contributed by atoms with Gasteiger partial charge in [-0.1, -0.05) is 6.42 Å². The van der Waals surface area contributed by atoms with Gasteiger partial charge in [0, 0.05) is 12.6 Å². The monoisotopic (exact) mass is 275 g/mol. The highest BCUT2D eigenvalue weighted by molar-refractivity contribution is 7.88. The summed E-state index contributed by atoms with van der Waals surface area (Å²) in [6, 6.07) is -0.0618. The van der Waals surface area contributed by atoms with E-state index in [2.05, 4.69) is 10.0 Å². The summed E-state index contributed by atoms with van der Waals surface area (Å²) < 4.78 is 25.1. The molecule has 0 bridgehead atoms. The first kappa shape index (κ1) is 13.8. The summed E-state index contributed by atoms with van der Waals surface area (Å²) >= 11 is 0. The van der Waals surface area contributed by atoms with Gasteiger partial charge in [-0.25, -0.2) is 13.1 Å². The maximum Gasteiger partial charge on any atom is 0.240 e. The molecule has 0 aromatic heterocycles. The minimum absolute atomic E-state index is 0.0618. The number of hydrogen-bond acceptors (Lipinski definition) is 4. The van der Waals surface area contributed by atoms with Crippen molar-refractivity contribution in [2.75, 3.05) is 12.8 Å². The fourth-order valence-corrected chi connectivity index (χ4v) is 3.33. The molecule has 2 unspecified atom stereocenters. The van der Waals surface area contributed by atoms with Gasteiger partial charge in [-0.3, -0.25) is 4.79 Å². The lowest BCUT2D eigenvalue weighted by Crippen LogP contribution is -2.47. The number of carbonyl (C=O) groups is 1. The molecule has 0 spiro atoms. The fourth-order valence-electron chi connectivity index (χ4n) is 2.47. The summed E-state index contributed by atoms with van der Waals surface area (Å²) in [5.74, 6) is 0.0681. The predicted octanol–water partition coefficient (Wildman–Crippen LogP) is -0.688. The van der Waals surface area contributed by atoms with Gasteiger partial charge in [0.05, 0.1) is 11.8 Å². The first-order chi connectivity index (χ1) is 8.30. The van der Waals surface area contributed by atoms with Gasteiger partial charge in [-0.2, -0.15) is 0 Å². The number of sulfonamides is 1. The number of rotatable bonds is 5.